The molecule has 25 heavy (non-hydrogen) atoms. The van der Waals surface area contributed by atoms with Gasteiger partial charge in [-0.15, -0.1) is 0 Å². The zero-order valence-corrected chi connectivity index (χ0v) is 13.6. The summed E-state index contributed by atoms with van der Waals surface area (Å²) in [5.41, 5.74) is -0.562. The van der Waals surface area contributed by atoms with Gasteiger partial charge in [0, 0.05) is 16.7 Å². The van der Waals surface area contributed by atoms with Gasteiger partial charge in [0.15, 0.2) is 0 Å². The van der Waals surface area contributed by atoms with Crippen LogP contribution in [0.15, 0.2) is 40.9 Å². The molecule has 0 atom stereocenters. The number of rotatable bonds is 4. The number of nitro benzene ring substituents is 2. The van der Waals surface area contributed by atoms with Crippen molar-refractivity contribution >= 4 is 34.6 Å². The van der Waals surface area contributed by atoms with Crippen LogP contribution in [-0.2, 0) is 0 Å². The summed E-state index contributed by atoms with van der Waals surface area (Å²) in [6.07, 6.45) is 0. The number of aromatic nitrogens is 2. The van der Waals surface area contributed by atoms with Gasteiger partial charge in [0.05, 0.1) is 20.9 Å². The monoisotopic (exact) mass is 380 g/mol. The molecule has 0 radical (unpaired) electrons. The van der Waals surface area contributed by atoms with Crippen LogP contribution in [0.3, 0.4) is 0 Å². The van der Waals surface area contributed by atoms with Gasteiger partial charge in [0.25, 0.3) is 17.3 Å². The van der Waals surface area contributed by atoms with Crippen LogP contribution in [0.1, 0.15) is 0 Å². The first-order valence-corrected chi connectivity index (χ1v) is 7.34. The molecule has 9 nitrogen and oxygen atoms in total. The number of nitrogens with zero attached hydrogens (tertiary/aromatic N) is 4. The molecular formula is C14H6Cl2N4O5. The molecular weight excluding hydrogens is 375 g/mol. The highest BCUT2D eigenvalue weighted by Crippen LogP contribution is 2.34. The van der Waals surface area contributed by atoms with Crippen molar-refractivity contribution in [1.82, 2.24) is 10.1 Å². The molecule has 0 aliphatic rings. The maximum absolute atomic E-state index is 11.2. The minimum absolute atomic E-state index is 0.0422. The highest BCUT2D eigenvalue weighted by molar-refractivity contribution is 6.36. The molecule has 3 rings (SSSR count). The molecule has 1 heterocycles. The first kappa shape index (κ1) is 16.8. The van der Waals surface area contributed by atoms with E-state index in [1.807, 2.05) is 0 Å². The molecule has 0 N–H and O–H groups in total. The summed E-state index contributed by atoms with van der Waals surface area (Å²) < 4.78 is 5.05. The lowest BCUT2D eigenvalue weighted by atomic mass is 10.1. The summed E-state index contributed by atoms with van der Waals surface area (Å²) >= 11 is 11.9. The van der Waals surface area contributed by atoms with Crippen molar-refractivity contribution < 1.29 is 14.4 Å². The second-order valence-corrected chi connectivity index (χ2v) is 5.61. The van der Waals surface area contributed by atoms with Crippen molar-refractivity contribution in [1.29, 1.82) is 0 Å². The molecule has 0 saturated heterocycles. The van der Waals surface area contributed by atoms with Crippen LogP contribution in [0.2, 0.25) is 10.0 Å². The number of hydrogen-bond donors (Lipinski definition) is 0. The third kappa shape index (κ3) is 3.28. The zero-order valence-electron chi connectivity index (χ0n) is 12.1. The van der Waals surface area contributed by atoms with Crippen LogP contribution in [0.4, 0.5) is 11.4 Å². The number of nitro groups is 2. The van der Waals surface area contributed by atoms with Crippen molar-refractivity contribution in [2.45, 2.75) is 0 Å². The average molecular weight is 381 g/mol. The smallest absolute Gasteiger partial charge is 0.289 e. The van der Waals surface area contributed by atoms with Gasteiger partial charge in [0.2, 0.25) is 5.82 Å². The Morgan fingerprint density at radius 3 is 2.32 bits per heavy atom. The lowest BCUT2D eigenvalue weighted by molar-refractivity contribution is -0.393. The summed E-state index contributed by atoms with van der Waals surface area (Å²) in [6.45, 7) is 0. The fraction of sp³-hybridized carbons (Fsp3) is 0. The standard InChI is InChI=1S/C14H6Cl2N4O5/c15-7-1-3-9(11(16)5-7)13-17-14(25-18-13)10-4-2-8(19(21)22)6-12(10)20(23)24/h1-6H. The van der Waals surface area contributed by atoms with Crippen LogP contribution < -0.4 is 0 Å². The van der Waals surface area contributed by atoms with E-state index in [1.54, 1.807) is 12.1 Å². The van der Waals surface area contributed by atoms with Crippen molar-refractivity contribution in [3.8, 4) is 22.8 Å². The fourth-order valence-electron chi connectivity index (χ4n) is 2.08. The summed E-state index contributed by atoms with van der Waals surface area (Å²) in [4.78, 5) is 24.6. The van der Waals surface area contributed by atoms with E-state index in [0.29, 0.717) is 10.6 Å². The molecule has 0 aliphatic heterocycles. The molecule has 0 fully saturated rings. The fourth-order valence-corrected chi connectivity index (χ4v) is 2.57. The van der Waals surface area contributed by atoms with Crippen LogP contribution in [-0.4, -0.2) is 20.0 Å². The Bertz CT molecular complexity index is 1000. The van der Waals surface area contributed by atoms with Crippen LogP contribution >= 0.6 is 23.2 Å². The van der Waals surface area contributed by atoms with E-state index in [1.165, 1.54) is 12.1 Å². The Morgan fingerprint density at radius 2 is 1.68 bits per heavy atom. The topological polar surface area (TPSA) is 125 Å². The van der Waals surface area contributed by atoms with Gasteiger partial charge in [-0.05, 0) is 24.3 Å². The molecule has 126 valence electrons. The van der Waals surface area contributed by atoms with Crippen molar-refractivity contribution in [3.63, 3.8) is 0 Å². The van der Waals surface area contributed by atoms with Gasteiger partial charge in [-0.1, -0.05) is 28.4 Å². The van der Waals surface area contributed by atoms with E-state index in [0.717, 1.165) is 12.1 Å². The Labute approximate surface area is 149 Å². The average Bonchev–Trinajstić information content (AvgIpc) is 3.03. The third-order valence-corrected chi connectivity index (χ3v) is 3.77. The molecule has 0 amide bonds. The molecule has 2 aromatic carbocycles. The minimum Gasteiger partial charge on any atom is -0.333 e. The largest absolute Gasteiger partial charge is 0.333 e. The third-order valence-electron chi connectivity index (χ3n) is 3.22. The summed E-state index contributed by atoms with van der Waals surface area (Å²) in [6, 6.07) is 7.76. The van der Waals surface area contributed by atoms with E-state index in [9.17, 15) is 20.2 Å². The second-order valence-electron chi connectivity index (χ2n) is 4.76. The summed E-state index contributed by atoms with van der Waals surface area (Å²) in [7, 11) is 0. The molecule has 0 aliphatic carbocycles. The minimum atomic E-state index is -0.762. The van der Waals surface area contributed by atoms with E-state index >= 15 is 0 Å². The van der Waals surface area contributed by atoms with Crippen LogP contribution in [0, 0.1) is 20.2 Å². The van der Waals surface area contributed by atoms with Gasteiger partial charge in [-0.25, -0.2) is 0 Å². The second kappa shape index (κ2) is 6.46. The van der Waals surface area contributed by atoms with Crippen molar-refractivity contribution in [2.75, 3.05) is 0 Å². The first-order valence-electron chi connectivity index (χ1n) is 6.59. The Hall–Kier alpha value is -3.04. The lowest BCUT2D eigenvalue weighted by Gasteiger charge is -1.99. The number of hydrogen-bond acceptors (Lipinski definition) is 7. The van der Waals surface area contributed by atoms with Crippen molar-refractivity contribution in [3.05, 3.63) is 66.7 Å². The summed E-state index contributed by atoms with van der Waals surface area (Å²) in [5, 5.41) is 26.4. The number of halogens is 2. The first-order chi connectivity index (χ1) is 11.9. The maximum Gasteiger partial charge on any atom is 0.289 e. The molecule has 0 spiro atoms. The predicted octanol–water partition coefficient (Wildman–Crippen LogP) is 4.53. The number of non-ortho nitro benzene ring substituents is 1. The van der Waals surface area contributed by atoms with Gasteiger partial charge in [-0.2, -0.15) is 4.98 Å². The lowest BCUT2D eigenvalue weighted by Crippen LogP contribution is -1.95. The molecule has 11 heteroatoms. The molecule has 0 bridgehead atoms. The van der Waals surface area contributed by atoms with Gasteiger partial charge >= 0.3 is 0 Å². The van der Waals surface area contributed by atoms with Crippen LogP contribution in [0.25, 0.3) is 22.8 Å². The molecule has 0 unspecified atom stereocenters. The summed E-state index contributed by atoms with van der Waals surface area (Å²) in [5.74, 6) is -0.0630. The normalized spacial score (nSPS) is 10.6. The molecule has 3 aromatic rings. The number of benzene rings is 2. The van der Waals surface area contributed by atoms with E-state index < -0.39 is 21.2 Å². The predicted molar refractivity (Wildman–Crippen MR) is 88.5 cm³/mol. The Balaban J connectivity index is 2.08. The van der Waals surface area contributed by atoms with Gasteiger partial charge < -0.3 is 4.52 Å². The zero-order chi connectivity index (χ0) is 18.1. The van der Waals surface area contributed by atoms with Crippen molar-refractivity contribution in [2.24, 2.45) is 0 Å². The highest BCUT2D eigenvalue weighted by Gasteiger charge is 2.25. The maximum atomic E-state index is 11.2. The SMILES string of the molecule is O=[N+]([O-])c1ccc(-c2nc(-c3ccc(Cl)cc3Cl)no2)c([N+](=O)[O-])c1. The van der Waals surface area contributed by atoms with E-state index in [4.69, 9.17) is 27.7 Å². The molecule has 0 saturated carbocycles. The van der Waals surface area contributed by atoms with Gasteiger partial charge in [-0.3, -0.25) is 20.2 Å². The van der Waals surface area contributed by atoms with E-state index in [2.05, 4.69) is 10.1 Å². The Kier molecular flexibility index (Phi) is 4.34. The molecule has 1 aromatic heterocycles. The Morgan fingerprint density at radius 1 is 0.960 bits per heavy atom. The van der Waals surface area contributed by atoms with Gasteiger partial charge in [0.1, 0.15) is 5.56 Å². The quantitative estimate of drug-likeness (QED) is 0.480. The highest BCUT2D eigenvalue weighted by atomic mass is 35.5. The van der Waals surface area contributed by atoms with E-state index in [-0.39, 0.29) is 22.3 Å². The van der Waals surface area contributed by atoms with Crippen LogP contribution in [0.5, 0.6) is 0 Å².